The monoisotopic (exact) mass is 567 g/mol. The second-order valence-corrected chi connectivity index (χ2v) is 11.5. The van der Waals surface area contributed by atoms with Crippen molar-refractivity contribution in [1.29, 1.82) is 0 Å². The highest BCUT2D eigenvalue weighted by molar-refractivity contribution is 5.94. The molecule has 41 heavy (non-hydrogen) atoms. The molecule has 0 spiro atoms. The molecule has 10 heteroatoms. The molecule has 0 fully saturated rings. The van der Waals surface area contributed by atoms with Crippen LogP contribution in [0, 0.1) is 19.3 Å². The number of ether oxygens (including phenoxy) is 1. The van der Waals surface area contributed by atoms with E-state index < -0.39 is 11.7 Å². The Bertz CT molecular complexity index is 1360. The zero-order valence-corrected chi connectivity index (χ0v) is 23.9. The summed E-state index contributed by atoms with van der Waals surface area (Å²) >= 11 is 0. The van der Waals surface area contributed by atoms with Crippen molar-refractivity contribution in [2.24, 2.45) is 15.8 Å². The Morgan fingerprint density at radius 2 is 1.63 bits per heavy atom. The third kappa shape index (κ3) is 8.07. The number of benzene rings is 3. The van der Waals surface area contributed by atoms with E-state index in [2.05, 4.69) is 47.4 Å². The molecular weight excluding hydrogens is 531 g/mol. The minimum atomic E-state index is -4.37. The predicted octanol–water partition coefficient (Wildman–Crippen LogP) is 7.47. The lowest BCUT2D eigenvalue weighted by atomic mass is 9.88. The van der Waals surface area contributed by atoms with Crippen molar-refractivity contribution >= 4 is 5.91 Å². The minimum Gasteiger partial charge on any atom is -0.486 e. The molecule has 0 saturated heterocycles. The van der Waals surface area contributed by atoms with E-state index in [1.165, 1.54) is 12.1 Å². The van der Waals surface area contributed by atoms with Crippen LogP contribution in [-0.2, 0) is 6.18 Å². The molecule has 1 heterocycles. The van der Waals surface area contributed by atoms with Gasteiger partial charge in [0.2, 0.25) is 0 Å². The molecule has 2 unspecified atom stereocenters. The van der Waals surface area contributed by atoms with Crippen LogP contribution in [0.5, 0.6) is 5.75 Å². The molecule has 4 rings (SSSR count). The Labute approximate surface area is 238 Å². The van der Waals surface area contributed by atoms with Gasteiger partial charge in [-0.15, -0.1) is 5.11 Å². The average Bonchev–Trinajstić information content (AvgIpc) is 3.42. The Morgan fingerprint density at radius 1 is 1.00 bits per heavy atom. The number of alkyl halides is 3. The predicted molar refractivity (Wildman–Crippen MR) is 152 cm³/mol. The highest BCUT2D eigenvalue weighted by atomic mass is 19.4. The molecule has 2 atom stereocenters. The van der Waals surface area contributed by atoms with E-state index in [1.807, 2.05) is 38.1 Å². The van der Waals surface area contributed by atoms with Crippen LogP contribution in [0.4, 0.5) is 13.2 Å². The van der Waals surface area contributed by atoms with Gasteiger partial charge in [-0.25, -0.2) is 5.53 Å². The van der Waals surface area contributed by atoms with Gasteiger partial charge in [-0.2, -0.15) is 18.6 Å². The van der Waals surface area contributed by atoms with Gasteiger partial charge in [0.1, 0.15) is 11.9 Å². The van der Waals surface area contributed by atoms with Gasteiger partial charge in [0, 0.05) is 5.56 Å². The Kier molecular flexibility index (Phi) is 9.01. The van der Waals surface area contributed by atoms with Gasteiger partial charge in [-0.05, 0) is 96.3 Å². The number of hydrazine groups is 1. The number of hydrogen-bond donors (Lipinski definition) is 3. The number of carbonyl (C=O) groups excluding carboxylic acids is 1. The number of halogens is 3. The smallest absolute Gasteiger partial charge is 0.416 e. The summed E-state index contributed by atoms with van der Waals surface area (Å²) in [6, 6.07) is 16.5. The lowest BCUT2D eigenvalue weighted by Crippen LogP contribution is -2.40. The van der Waals surface area contributed by atoms with Crippen LogP contribution in [0.1, 0.15) is 72.3 Å². The van der Waals surface area contributed by atoms with Crippen molar-refractivity contribution in [3.63, 3.8) is 0 Å². The van der Waals surface area contributed by atoms with Crippen molar-refractivity contribution in [3.8, 4) is 16.9 Å². The van der Waals surface area contributed by atoms with Gasteiger partial charge in [0.15, 0.2) is 6.17 Å². The van der Waals surface area contributed by atoms with Crippen LogP contribution >= 0.6 is 0 Å². The standard InChI is InChI=1S/C31H36F3N5O2/c1-19-16-25(17-20(2)28(19)22-10-12-24(13-11-22)31(32,33)34)41-26(14-15-30(3,4)5)21-6-8-23(9-7-21)29(40)35-18-27-36-38-39-37-27/h6-13,16-17,26-27H,14-15,18H2,1-5H3,(H,35,40)(H,36,39)(H,37,38). The zero-order valence-electron chi connectivity index (χ0n) is 23.9. The quantitative estimate of drug-likeness (QED) is 0.250. The third-order valence-electron chi connectivity index (χ3n) is 6.92. The maximum absolute atomic E-state index is 13.0. The summed E-state index contributed by atoms with van der Waals surface area (Å²) in [6.45, 7) is 10.7. The molecule has 3 aromatic rings. The van der Waals surface area contributed by atoms with Crippen LogP contribution in [0.3, 0.4) is 0 Å². The number of nitrogens with one attached hydrogen (secondary N) is 3. The molecule has 1 amide bonds. The van der Waals surface area contributed by atoms with E-state index in [-0.39, 0.29) is 23.6 Å². The topological polar surface area (TPSA) is 87.1 Å². The molecule has 3 aromatic carbocycles. The van der Waals surface area contributed by atoms with E-state index in [9.17, 15) is 18.0 Å². The second kappa shape index (κ2) is 12.3. The largest absolute Gasteiger partial charge is 0.486 e. The van der Waals surface area contributed by atoms with Crippen molar-refractivity contribution in [1.82, 2.24) is 16.3 Å². The van der Waals surface area contributed by atoms with E-state index in [0.717, 1.165) is 52.8 Å². The highest BCUT2D eigenvalue weighted by Crippen LogP contribution is 2.37. The van der Waals surface area contributed by atoms with Crippen molar-refractivity contribution in [2.45, 2.75) is 65.9 Å². The SMILES string of the molecule is Cc1cc(OC(CCC(C)(C)C)c2ccc(C(=O)NCC3N=NNN3)cc2)cc(C)c1-c1ccc(C(F)(F)F)cc1. The summed E-state index contributed by atoms with van der Waals surface area (Å²) in [4.78, 5) is 12.6. The van der Waals surface area contributed by atoms with Crippen LogP contribution in [0.2, 0.25) is 0 Å². The van der Waals surface area contributed by atoms with E-state index >= 15 is 0 Å². The fraction of sp³-hybridized carbons (Fsp3) is 0.387. The normalized spacial score (nSPS) is 15.9. The van der Waals surface area contributed by atoms with Gasteiger partial charge in [0.25, 0.3) is 5.91 Å². The summed E-state index contributed by atoms with van der Waals surface area (Å²) in [6.07, 6.45) is -3.26. The minimum absolute atomic E-state index is 0.0974. The molecule has 0 bridgehead atoms. The van der Waals surface area contributed by atoms with Gasteiger partial charge in [0.05, 0.1) is 12.1 Å². The average molecular weight is 568 g/mol. The van der Waals surface area contributed by atoms with Gasteiger partial charge in [-0.3, -0.25) is 4.79 Å². The summed E-state index contributed by atoms with van der Waals surface area (Å²) in [5.74, 6) is 0.473. The number of amides is 1. The maximum atomic E-state index is 13.0. The molecule has 1 aliphatic heterocycles. The zero-order chi connectivity index (χ0) is 29.8. The molecular formula is C31H36F3N5O2. The van der Waals surface area contributed by atoms with Gasteiger partial charge >= 0.3 is 6.18 Å². The first-order chi connectivity index (χ1) is 19.3. The maximum Gasteiger partial charge on any atom is 0.416 e. The number of aryl methyl sites for hydroxylation is 2. The van der Waals surface area contributed by atoms with Crippen molar-refractivity contribution in [3.05, 3.63) is 88.5 Å². The van der Waals surface area contributed by atoms with Crippen molar-refractivity contribution in [2.75, 3.05) is 6.54 Å². The van der Waals surface area contributed by atoms with Gasteiger partial charge in [-0.1, -0.05) is 50.3 Å². The third-order valence-corrected chi connectivity index (χ3v) is 6.92. The lowest BCUT2D eigenvalue weighted by molar-refractivity contribution is -0.137. The van der Waals surface area contributed by atoms with Crippen LogP contribution < -0.4 is 21.0 Å². The van der Waals surface area contributed by atoms with Gasteiger partial charge < -0.3 is 10.1 Å². The molecule has 0 aromatic heterocycles. The lowest BCUT2D eigenvalue weighted by Gasteiger charge is -2.25. The molecule has 0 radical (unpaired) electrons. The fourth-order valence-corrected chi connectivity index (χ4v) is 4.76. The van der Waals surface area contributed by atoms with Crippen LogP contribution in [0.25, 0.3) is 11.1 Å². The highest BCUT2D eigenvalue weighted by Gasteiger charge is 2.30. The molecule has 3 N–H and O–H groups in total. The Morgan fingerprint density at radius 3 is 2.17 bits per heavy atom. The first kappa shape index (κ1) is 30.0. The van der Waals surface area contributed by atoms with E-state index in [4.69, 9.17) is 4.74 Å². The number of nitrogens with zero attached hydrogens (tertiary/aromatic N) is 2. The number of hydrogen-bond acceptors (Lipinski definition) is 6. The first-order valence-electron chi connectivity index (χ1n) is 13.5. The van der Waals surface area contributed by atoms with Crippen molar-refractivity contribution < 1.29 is 22.7 Å². The summed E-state index contributed by atoms with van der Waals surface area (Å²) < 4.78 is 45.7. The second-order valence-electron chi connectivity index (χ2n) is 11.5. The van der Waals surface area contributed by atoms with E-state index in [1.54, 1.807) is 12.1 Å². The molecule has 0 aliphatic carbocycles. The Balaban J connectivity index is 1.52. The fourth-order valence-electron chi connectivity index (χ4n) is 4.76. The summed E-state index contributed by atoms with van der Waals surface area (Å²) in [5.41, 5.74) is 9.67. The first-order valence-corrected chi connectivity index (χ1v) is 13.5. The molecule has 218 valence electrons. The molecule has 1 aliphatic rings. The summed E-state index contributed by atoms with van der Waals surface area (Å²) in [7, 11) is 0. The Hall–Kier alpha value is -3.92. The van der Waals surface area contributed by atoms with Crippen LogP contribution in [0.15, 0.2) is 71.0 Å². The summed E-state index contributed by atoms with van der Waals surface area (Å²) in [5, 5.41) is 10.3. The number of rotatable bonds is 9. The van der Waals surface area contributed by atoms with Crippen LogP contribution in [-0.4, -0.2) is 18.6 Å². The number of carbonyl (C=O) groups is 1. The van der Waals surface area contributed by atoms with E-state index in [0.29, 0.717) is 17.9 Å². The molecule has 0 saturated carbocycles. The molecule has 7 nitrogen and oxygen atoms in total.